The summed E-state index contributed by atoms with van der Waals surface area (Å²) in [6, 6.07) is 8.09. The van der Waals surface area contributed by atoms with Crippen molar-refractivity contribution in [3.05, 3.63) is 36.4 Å². The van der Waals surface area contributed by atoms with Gasteiger partial charge in [0.05, 0.1) is 6.61 Å². The molecule has 1 aromatic carbocycles. The number of unbranched alkanes of at least 4 members (excludes halogenated alkanes) is 3. The van der Waals surface area contributed by atoms with Crippen LogP contribution in [0.2, 0.25) is 0 Å². The van der Waals surface area contributed by atoms with Gasteiger partial charge in [-0.3, -0.25) is 0 Å². The van der Waals surface area contributed by atoms with E-state index in [1.54, 1.807) is 0 Å². The summed E-state index contributed by atoms with van der Waals surface area (Å²) >= 11 is 0. The predicted molar refractivity (Wildman–Crippen MR) is 95.2 cm³/mol. The van der Waals surface area contributed by atoms with Gasteiger partial charge >= 0.3 is 0 Å². The van der Waals surface area contributed by atoms with Crippen LogP contribution in [0.3, 0.4) is 0 Å². The zero-order valence-corrected chi connectivity index (χ0v) is 14.8. The molecule has 0 aromatic heterocycles. The lowest BCUT2D eigenvalue weighted by atomic mass is 10.1. The first-order valence-electron chi connectivity index (χ1n) is 8.59. The van der Waals surface area contributed by atoms with Crippen molar-refractivity contribution in [2.24, 2.45) is 0 Å². The molecule has 1 rings (SSSR count). The summed E-state index contributed by atoms with van der Waals surface area (Å²) in [5, 5.41) is 0. The van der Waals surface area contributed by atoms with Gasteiger partial charge in [0, 0.05) is 13.3 Å². The highest BCUT2D eigenvalue weighted by Gasteiger charge is 2.26. The topological polar surface area (TPSA) is 18.5 Å². The smallest absolute Gasteiger partial charge is 0.207 e. The molecule has 0 saturated carbocycles. The van der Waals surface area contributed by atoms with Crippen LogP contribution in [0.5, 0.6) is 5.75 Å². The Bertz CT molecular complexity index is 436. The number of hydrogen-bond donors (Lipinski definition) is 0. The molecule has 0 N–H and O–H groups in total. The van der Waals surface area contributed by atoms with E-state index < -0.39 is 5.79 Å². The Balaban J connectivity index is 2.59. The van der Waals surface area contributed by atoms with Crippen molar-refractivity contribution in [2.75, 3.05) is 6.61 Å². The predicted octanol–water partition coefficient (Wildman–Crippen LogP) is 6.21. The van der Waals surface area contributed by atoms with Gasteiger partial charge in [0.1, 0.15) is 5.75 Å². The quantitative estimate of drug-likeness (QED) is 0.357. The van der Waals surface area contributed by atoms with Gasteiger partial charge in [0.25, 0.3) is 0 Å². The normalized spacial score (nSPS) is 13.6. The molecular weight excluding hydrogens is 272 g/mol. The second kappa shape index (κ2) is 9.68. The summed E-state index contributed by atoms with van der Waals surface area (Å²) in [4.78, 5) is 0. The van der Waals surface area contributed by atoms with E-state index in [1.807, 2.05) is 38.1 Å². The summed E-state index contributed by atoms with van der Waals surface area (Å²) in [5.41, 5.74) is 2.21. The molecule has 0 radical (unpaired) electrons. The van der Waals surface area contributed by atoms with Crippen LogP contribution in [-0.4, -0.2) is 12.4 Å². The fourth-order valence-corrected chi connectivity index (χ4v) is 2.48. The van der Waals surface area contributed by atoms with Crippen LogP contribution in [-0.2, 0) is 4.74 Å². The molecule has 0 bridgehead atoms. The van der Waals surface area contributed by atoms with Crippen molar-refractivity contribution in [3.63, 3.8) is 0 Å². The second-order valence-corrected chi connectivity index (χ2v) is 6.20. The Kier molecular flexibility index (Phi) is 8.26. The molecule has 2 heteroatoms. The average molecular weight is 304 g/mol. The third kappa shape index (κ3) is 6.65. The minimum absolute atomic E-state index is 0.536. The van der Waals surface area contributed by atoms with Gasteiger partial charge in [-0.2, -0.15) is 0 Å². The molecule has 0 saturated heterocycles. The maximum Gasteiger partial charge on any atom is 0.207 e. The molecule has 0 aliphatic carbocycles. The lowest BCUT2D eigenvalue weighted by Gasteiger charge is -2.30. The van der Waals surface area contributed by atoms with E-state index in [2.05, 4.69) is 20.4 Å². The van der Waals surface area contributed by atoms with E-state index in [4.69, 9.17) is 9.47 Å². The summed E-state index contributed by atoms with van der Waals surface area (Å²) < 4.78 is 12.2. The van der Waals surface area contributed by atoms with Gasteiger partial charge < -0.3 is 9.47 Å². The van der Waals surface area contributed by atoms with Gasteiger partial charge in [-0.05, 0) is 37.5 Å². The van der Waals surface area contributed by atoms with Crippen LogP contribution < -0.4 is 4.74 Å². The van der Waals surface area contributed by atoms with Crippen molar-refractivity contribution in [1.29, 1.82) is 0 Å². The number of rotatable bonds is 11. The fraction of sp³-hybridized carbons (Fsp3) is 0.600. The second-order valence-electron chi connectivity index (χ2n) is 6.20. The van der Waals surface area contributed by atoms with E-state index >= 15 is 0 Å². The van der Waals surface area contributed by atoms with Crippen LogP contribution in [0.4, 0.5) is 0 Å². The molecule has 124 valence electrons. The SMILES string of the molecule is C=C(C)c1ccc(OC(C)(CCC)OCCCCCC)cc1. The first-order valence-corrected chi connectivity index (χ1v) is 8.59. The molecule has 1 aromatic rings. The van der Waals surface area contributed by atoms with Crippen molar-refractivity contribution in [2.45, 2.75) is 72.0 Å². The van der Waals surface area contributed by atoms with E-state index in [0.29, 0.717) is 0 Å². The minimum atomic E-state index is -0.536. The Morgan fingerprint density at radius 3 is 2.27 bits per heavy atom. The average Bonchev–Trinajstić information content (AvgIpc) is 2.48. The van der Waals surface area contributed by atoms with Crippen molar-refractivity contribution >= 4 is 5.57 Å². The molecule has 0 fully saturated rings. The molecule has 0 amide bonds. The maximum absolute atomic E-state index is 6.13. The van der Waals surface area contributed by atoms with Crippen LogP contribution in [0.25, 0.3) is 5.57 Å². The summed E-state index contributed by atoms with van der Waals surface area (Å²) in [5.74, 6) is 0.320. The van der Waals surface area contributed by atoms with Crippen LogP contribution in [0.1, 0.15) is 71.8 Å². The zero-order valence-electron chi connectivity index (χ0n) is 14.8. The van der Waals surface area contributed by atoms with Gasteiger partial charge in [0.15, 0.2) is 0 Å². The Hall–Kier alpha value is -1.28. The molecule has 0 aliphatic rings. The lowest BCUT2D eigenvalue weighted by molar-refractivity contribution is -0.175. The minimum Gasteiger partial charge on any atom is -0.463 e. The standard InChI is InChI=1S/C20H32O2/c1-6-8-9-10-16-21-20(5,15-7-2)22-19-13-11-18(12-14-19)17(3)4/h11-14H,3,6-10,15-16H2,1-2,4-5H3. The number of ether oxygens (including phenoxy) is 2. The molecule has 22 heavy (non-hydrogen) atoms. The van der Waals surface area contributed by atoms with Crippen molar-refractivity contribution in [3.8, 4) is 5.75 Å². The van der Waals surface area contributed by atoms with Crippen LogP contribution >= 0.6 is 0 Å². The van der Waals surface area contributed by atoms with E-state index in [1.165, 1.54) is 19.3 Å². The van der Waals surface area contributed by atoms with Crippen molar-refractivity contribution in [1.82, 2.24) is 0 Å². The van der Waals surface area contributed by atoms with E-state index in [9.17, 15) is 0 Å². The number of allylic oxidation sites excluding steroid dienone is 1. The van der Waals surface area contributed by atoms with E-state index in [0.717, 1.165) is 42.8 Å². The first kappa shape index (κ1) is 18.8. The van der Waals surface area contributed by atoms with Gasteiger partial charge in [-0.1, -0.05) is 57.4 Å². The summed E-state index contributed by atoms with van der Waals surface area (Å²) in [6.45, 7) is 13.2. The molecule has 0 heterocycles. The third-order valence-corrected chi connectivity index (χ3v) is 3.79. The molecule has 1 atom stereocenters. The molecule has 1 unspecified atom stereocenters. The summed E-state index contributed by atoms with van der Waals surface area (Å²) in [6.07, 6.45) is 6.78. The van der Waals surface area contributed by atoms with E-state index in [-0.39, 0.29) is 0 Å². The molecule has 0 spiro atoms. The van der Waals surface area contributed by atoms with Gasteiger partial charge in [-0.25, -0.2) is 0 Å². The molecule has 0 aliphatic heterocycles. The summed E-state index contributed by atoms with van der Waals surface area (Å²) in [7, 11) is 0. The van der Waals surface area contributed by atoms with Crippen molar-refractivity contribution < 1.29 is 9.47 Å². The highest BCUT2D eigenvalue weighted by molar-refractivity contribution is 5.61. The first-order chi connectivity index (χ1) is 10.5. The number of benzene rings is 1. The fourth-order valence-electron chi connectivity index (χ4n) is 2.48. The van der Waals surface area contributed by atoms with Crippen LogP contribution in [0, 0.1) is 0 Å². The monoisotopic (exact) mass is 304 g/mol. The Labute approximate surface area is 136 Å². The Morgan fingerprint density at radius 2 is 1.73 bits per heavy atom. The van der Waals surface area contributed by atoms with Gasteiger partial charge in [-0.15, -0.1) is 0 Å². The molecule has 2 nitrogen and oxygen atoms in total. The van der Waals surface area contributed by atoms with Gasteiger partial charge in [0.2, 0.25) is 5.79 Å². The third-order valence-electron chi connectivity index (χ3n) is 3.79. The highest BCUT2D eigenvalue weighted by Crippen LogP contribution is 2.26. The lowest BCUT2D eigenvalue weighted by Crippen LogP contribution is -2.36. The zero-order chi connectivity index (χ0) is 16.4. The Morgan fingerprint density at radius 1 is 1.05 bits per heavy atom. The highest BCUT2D eigenvalue weighted by atomic mass is 16.7. The number of hydrogen-bond acceptors (Lipinski definition) is 2. The largest absolute Gasteiger partial charge is 0.463 e. The van der Waals surface area contributed by atoms with Crippen LogP contribution in [0.15, 0.2) is 30.8 Å². The maximum atomic E-state index is 6.13. The molecular formula is C20H32O2.